The van der Waals surface area contributed by atoms with E-state index in [1.165, 1.54) is 0 Å². The van der Waals surface area contributed by atoms with Crippen LogP contribution in [0.1, 0.15) is 26.7 Å². The van der Waals surface area contributed by atoms with Gasteiger partial charge in [0.1, 0.15) is 0 Å². The first-order valence-electron chi connectivity index (χ1n) is 5.03. The molecule has 0 saturated carbocycles. The van der Waals surface area contributed by atoms with Crippen LogP contribution in [0.25, 0.3) is 0 Å². The van der Waals surface area contributed by atoms with Crippen molar-refractivity contribution in [3.8, 4) is 0 Å². The van der Waals surface area contributed by atoms with Gasteiger partial charge in [0.2, 0.25) is 5.91 Å². The van der Waals surface area contributed by atoms with E-state index >= 15 is 0 Å². The molecule has 1 amide bonds. The highest BCUT2D eigenvalue weighted by atomic mass is 16.5. The van der Waals surface area contributed by atoms with Crippen molar-refractivity contribution < 1.29 is 9.53 Å². The highest BCUT2D eigenvalue weighted by Gasteiger charge is 2.18. The van der Waals surface area contributed by atoms with Crippen LogP contribution in [0.5, 0.6) is 0 Å². The van der Waals surface area contributed by atoms with Gasteiger partial charge in [0.15, 0.2) is 0 Å². The van der Waals surface area contributed by atoms with Gasteiger partial charge in [-0.3, -0.25) is 4.79 Å². The maximum absolute atomic E-state index is 11.3. The summed E-state index contributed by atoms with van der Waals surface area (Å²) >= 11 is 0. The highest BCUT2D eigenvalue weighted by molar-refractivity contribution is 5.76. The van der Waals surface area contributed by atoms with Gasteiger partial charge in [0.25, 0.3) is 0 Å². The minimum atomic E-state index is 0.171. The number of hydrogen-bond donors (Lipinski definition) is 1. The van der Waals surface area contributed by atoms with E-state index in [9.17, 15) is 4.79 Å². The Hall–Kier alpha value is -0.570. The molecule has 0 aromatic heterocycles. The molecule has 3 nitrogen and oxygen atoms in total. The van der Waals surface area contributed by atoms with Gasteiger partial charge < -0.3 is 10.1 Å². The van der Waals surface area contributed by atoms with Crippen LogP contribution in [0, 0.1) is 11.8 Å². The molecular weight excluding hydrogens is 166 g/mol. The average molecular weight is 185 g/mol. The van der Waals surface area contributed by atoms with Gasteiger partial charge in [0, 0.05) is 26.2 Å². The fourth-order valence-electron chi connectivity index (χ4n) is 1.40. The van der Waals surface area contributed by atoms with Crippen molar-refractivity contribution in [3.05, 3.63) is 0 Å². The minimum absolute atomic E-state index is 0.171. The van der Waals surface area contributed by atoms with Gasteiger partial charge >= 0.3 is 0 Å². The summed E-state index contributed by atoms with van der Waals surface area (Å²) in [5, 5.41) is 2.91. The summed E-state index contributed by atoms with van der Waals surface area (Å²) in [5.41, 5.74) is 0. The molecule has 0 radical (unpaired) electrons. The topological polar surface area (TPSA) is 38.3 Å². The van der Waals surface area contributed by atoms with E-state index in [1.54, 1.807) is 0 Å². The molecule has 0 aromatic carbocycles. The molecule has 1 rings (SSSR count). The second kappa shape index (κ2) is 5.22. The third kappa shape index (κ3) is 4.27. The Morgan fingerprint density at radius 1 is 1.62 bits per heavy atom. The van der Waals surface area contributed by atoms with E-state index in [0.29, 0.717) is 18.3 Å². The molecule has 0 bridgehead atoms. The molecule has 1 heterocycles. The number of ether oxygens (including phenoxy) is 1. The van der Waals surface area contributed by atoms with E-state index in [2.05, 4.69) is 19.2 Å². The zero-order chi connectivity index (χ0) is 9.68. The van der Waals surface area contributed by atoms with Crippen molar-refractivity contribution in [2.24, 2.45) is 11.8 Å². The Balaban J connectivity index is 2.09. The summed E-state index contributed by atoms with van der Waals surface area (Å²) in [6.45, 7) is 6.56. The fraction of sp³-hybridized carbons (Fsp3) is 0.900. The van der Waals surface area contributed by atoms with Gasteiger partial charge in [-0.2, -0.15) is 0 Å². The number of nitrogens with one attached hydrogen (secondary N) is 1. The lowest BCUT2D eigenvalue weighted by Crippen LogP contribution is -2.29. The number of amides is 1. The third-order valence-electron chi connectivity index (χ3n) is 2.21. The monoisotopic (exact) mass is 185 g/mol. The lowest BCUT2D eigenvalue weighted by Gasteiger charge is -2.09. The molecule has 1 fully saturated rings. The summed E-state index contributed by atoms with van der Waals surface area (Å²) in [6, 6.07) is 0. The van der Waals surface area contributed by atoms with Crippen molar-refractivity contribution in [3.63, 3.8) is 0 Å². The van der Waals surface area contributed by atoms with Crippen LogP contribution in [0.2, 0.25) is 0 Å². The van der Waals surface area contributed by atoms with Gasteiger partial charge in [-0.15, -0.1) is 0 Å². The second-order valence-electron chi connectivity index (χ2n) is 4.13. The largest absolute Gasteiger partial charge is 0.381 e. The van der Waals surface area contributed by atoms with Crippen LogP contribution in [-0.2, 0) is 9.53 Å². The van der Waals surface area contributed by atoms with Crippen LogP contribution in [-0.4, -0.2) is 25.7 Å². The first kappa shape index (κ1) is 10.5. The molecule has 0 spiro atoms. The molecule has 3 heteroatoms. The van der Waals surface area contributed by atoms with E-state index in [-0.39, 0.29) is 5.91 Å². The predicted octanol–water partition coefficient (Wildman–Crippen LogP) is 1.19. The molecule has 1 aliphatic rings. The van der Waals surface area contributed by atoms with Crippen molar-refractivity contribution >= 4 is 5.91 Å². The van der Waals surface area contributed by atoms with Gasteiger partial charge in [-0.1, -0.05) is 13.8 Å². The molecular formula is C10H19NO2. The summed E-state index contributed by atoms with van der Waals surface area (Å²) in [7, 11) is 0. The predicted molar refractivity (Wildman–Crippen MR) is 51.4 cm³/mol. The lowest BCUT2D eigenvalue weighted by molar-refractivity contribution is -0.122. The first-order chi connectivity index (χ1) is 6.18. The van der Waals surface area contributed by atoms with E-state index in [0.717, 1.165) is 26.2 Å². The van der Waals surface area contributed by atoms with Crippen LogP contribution < -0.4 is 5.32 Å². The number of rotatable bonds is 4. The van der Waals surface area contributed by atoms with Crippen molar-refractivity contribution in [1.29, 1.82) is 0 Å². The van der Waals surface area contributed by atoms with Crippen LogP contribution in [0.4, 0.5) is 0 Å². The van der Waals surface area contributed by atoms with E-state index in [1.807, 2.05) is 0 Å². The Morgan fingerprint density at radius 2 is 2.38 bits per heavy atom. The average Bonchev–Trinajstić information content (AvgIpc) is 2.53. The van der Waals surface area contributed by atoms with Gasteiger partial charge in [-0.25, -0.2) is 0 Å². The maximum Gasteiger partial charge on any atom is 0.220 e. The summed E-state index contributed by atoms with van der Waals surface area (Å²) < 4.78 is 5.20. The molecule has 1 atom stereocenters. The van der Waals surface area contributed by atoms with Crippen molar-refractivity contribution in [2.75, 3.05) is 19.8 Å². The van der Waals surface area contributed by atoms with Gasteiger partial charge in [0.05, 0.1) is 0 Å². The SMILES string of the molecule is CC(C)CNC(=O)CC1CCOC1. The molecule has 1 saturated heterocycles. The van der Waals surface area contributed by atoms with Crippen LogP contribution in [0.15, 0.2) is 0 Å². The second-order valence-corrected chi connectivity index (χ2v) is 4.13. The number of hydrogen-bond acceptors (Lipinski definition) is 2. The van der Waals surface area contributed by atoms with Gasteiger partial charge in [-0.05, 0) is 18.3 Å². The molecule has 76 valence electrons. The molecule has 13 heavy (non-hydrogen) atoms. The number of carbonyl (C=O) groups excluding carboxylic acids is 1. The standard InChI is InChI=1S/C10H19NO2/c1-8(2)6-11-10(12)5-9-3-4-13-7-9/h8-9H,3-7H2,1-2H3,(H,11,12). The zero-order valence-corrected chi connectivity index (χ0v) is 8.51. The highest BCUT2D eigenvalue weighted by Crippen LogP contribution is 2.15. The Labute approximate surface area is 79.8 Å². The quantitative estimate of drug-likeness (QED) is 0.714. The smallest absolute Gasteiger partial charge is 0.220 e. The lowest BCUT2D eigenvalue weighted by atomic mass is 10.0. The Morgan fingerprint density at radius 3 is 2.92 bits per heavy atom. The molecule has 1 unspecified atom stereocenters. The van der Waals surface area contributed by atoms with Crippen LogP contribution in [0.3, 0.4) is 0 Å². The molecule has 1 aliphatic heterocycles. The minimum Gasteiger partial charge on any atom is -0.381 e. The molecule has 0 aliphatic carbocycles. The first-order valence-corrected chi connectivity index (χ1v) is 5.03. The van der Waals surface area contributed by atoms with Crippen LogP contribution >= 0.6 is 0 Å². The van der Waals surface area contributed by atoms with Crippen molar-refractivity contribution in [1.82, 2.24) is 5.32 Å². The molecule has 1 N–H and O–H groups in total. The fourth-order valence-corrected chi connectivity index (χ4v) is 1.40. The Bertz CT molecular complexity index is 162. The van der Waals surface area contributed by atoms with E-state index in [4.69, 9.17) is 4.74 Å². The van der Waals surface area contributed by atoms with Crippen molar-refractivity contribution in [2.45, 2.75) is 26.7 Å². The summed E-state index contributed by atoms with van der Waals surface area (Å²) in [5.74, 6) is 1.15. The van der Waals surface area contributed by atoms with E-state index < -0.39 is 0 Å². The number of carbonyl (C=O) groups is 1. The summed E-state index contributed by atoms with van der Waals surface area (Å²) in [6.07, 6.45) is 1.67. The summed E-state index contributed by atoms with van der Waals surface area (Å²) in [4.78, 5) is 11.3. The Kier molecular flexibility index (Phi) is 4.22. The third-order valence-corrected chi connectivity index (χ3v) is 2.21. The zero-order valence-electron chi connectivity index (χ0n) is 8.51. The molecule has 0 aromatic rings. The maximum atomic E-state index is 11.3. The normalized spacial score (nSPS) is 22.2.